The molecule has 1 amide bonds. The van der Waals surface area contributed by atoms with E-state index in [1.165, 1.54) is 0 Å². The van der Waals surface area contributed by atoms with Crippen molar-refractivity contribution in [3.8, 4) is 0 Å². The SMILES string of the molecule is C.C.C.O=S(=O)=O.[CH2-]C(CC)NC(=O)C(C)CC.[Na+]. The third-order valence-electron chi connectivity index (χ3n) is 1.90. The van der Waals surface area contributed by atoms with Crippen molar-refractivity contribution in [3.05, 3.63) is 6.92 Å². The number of hydrogen-bond donors (Lipinski definition) is 1. The fraction of sp³-hybridized carbons (Fsp3) is 0.833. The molecule has 2 unspecified atom stereocenters. The maximum Gasteiger partial charge on any atom is 1.00 e. The molecule has 0 aromatic heterocycles. The maximum absolute atomic E-state index is 11.2. The molecular formula is C12H30NNaO4S. The Kier molecular flexibility index (Phi) is 44.5. The fourth-order valence-corrected chi connectivity index (χ4v) is 0.631. The summed E-state index contributed by atoms with van der Waals surface area (Å²) < 4.78 is 25.3. The van der Waals surface area contributed by atoms with E-state index in [0.29, 0.717) is 0 Å². The Morgan fingerprint density at radius 2 is 1.42 bits per heavy atom. The van der Waals surface area contributed by atoms with Crippen LogP contribution in [0.2, 0.25) is 0 Å². The monoisotopic (exact) mass is 307 g/mol. The van der Waals surface area contributed by atoms with Crippen molar-refractivity contribution in [2.24, 2.45) is 5.92 Å². The van der Waals surface area contributed by atoms with Crippen molar-refractivity contribution >= 4 is 16.5 Å². The first-order valence-corrected chi connectivity index (χ1v) is 5.75. The van der Waals surface area contributed by atoms with E-state index in [-0.39, 0.29) is 69.7 Å². The zero-order valence-corrected chi connectivity index (χ0v) is 13.1. The molecule has 0 aliphatic heterocycles. The molecular weight excluding hydrogens is 277 g/mol. The molecule has 0 rings (SSSR count). The van der Waals surface area contributed by atoms with Crippen LogP contribution < -0.4 is 34.9 Å². The molecule has 19 heavy (non-hydrogen) atoms. The molecule has 0 saturated carbocycles. The van der Waals surface area contributed by atoms with Crippen molar-refractivity contribution in [2.45, 2.75) is 61.9 Å². The standard InChI is InChI=1S/C9H18NO.3CH4.Na.O3S/c1-5-7(3)9(11)10-8(4)6-2;;;;;1-4(2)3/h7-8H,4-6H2,1-3H3,(H,10,11);3*1H4;;/q-1;;;;+1;. The molecule has 0 saturated heterocycles. The van der Waals surface area contributed by atoms with Gasteiger partial charge in [-0.05, 0) is 6.42 Å². The van der Waals surface area contributed by atoms with Crippen LogP contribution in [-0.2, 0) is 15.4 Å². The first-order chi connectivity index (χ1) is 6.84. The summed E-state index contributed by atoms with van der Waals surface area (Å²) in [6.45, 7) is 9.73. The summed E-state index contributed by atoms with van der Waals surface area (Å²) in [5, 5.41) is 2.83. The molecule has 0 bridgehead atoms. The van der Waals surface area contributed by atoms with Gasteiger partial charge in [0, 0.05) is 5.92 Å². The van der Waals surface area contributed by atoms with Crippen LogP contribution in [0.3, 0.4) is 0 Å². The second-order valence-electron chi connectivity index (χ2n) is 3.13. The van der Waals surface area contributed by atoms with Gasteiger partial charge < -0.3 is 12.2 Å². The molecule has 0 aromatic rings. The second kappa shape index (κ2) is 23.2. The molecule has 0 radical (unpaired) electrons. The zero-order chi connectivity index (χ0) is 12.4. The first-order valence-electron chi connectivity index (χ1n) is 4.75. The molecule has 0 aromatic carbocycles. The summed E-state index contributed by atoms with van der Waals surface area (Å²) >= 11 is 0. The summed E-state index contributed by atoms with van der Waals surface area (Å²) in [6.07, 6.45) is 1.78. The van der Waals surface area contributed by atoms with Gasteiger partial charge in [0.05, 0.1) is 0 Å². The second-order valence-corrected chi connectivity index (χ2v) is 3.54. The van der Waals surface area contributed by atoms with Crippen molar-refractivity contribution in [3.63, 3.8) is 0 Å². The van der Waals surface area contributed by atoms with Crippen LogP contribution in [0.1, 0.15) is 55.9 Å². The van der Waals surface area contributed by atoms with E-state index < -0.39 is 10.6 Å². The van der Waals surface area contributed by atoms with Gasteiger partial charge in [0.25, 0.3) is 0 Å². The summed E-state index contributed by atoms with van der Waals surface area (Å²) in [7, 11) is -3.11. The number of carbonyl (C=O) groups is 1. The number of hydrogen-bond acceptors (Lipinski definition) is 4. The molecule has 5 nitrogen and oxygen atoms in total. The average molecular weight is 307 g/mol. The number of nitrogens with one attached hydrogen (secondary N) is 1. The van der Waals surface area contributed by atoms with E-state index in [4.69, 9.17) is 12.6 Å². The third kappa shape index (κ3) is 32.0. The van der Waals surface area contributed by atoms with Crippen molar-refractivity contribution in [1.82, 2.24) is 5.32 Å². The number of amides is 1. The van der Waals surface area contributed by atoms with Gasteiger partial charge in [-0.25, -0.2) is 0 Å². The molecule has 0 aliphatic carbocycles. The molecule has 2 atom stereocenters. The molecule has 0 spiro atoms. The smallest absolute Gasteiger partial charge is 0.383 e. The molecule has 1 N–H and O–H groups in total. The normalized spacial score (nSPS) is 10.3. The summed E-state index contributed by atoms with van der Waals surface area (Å²) in [4.78, 5) is 11.2. The van der Waals surface area contributed by atoms with Gasteiger partial charge >= 0.3 is 40.2 Å². The molecule has 0 aliphatic rings. The van der Waals surface area contributed by atoms with Gasteiger partial charge in [-0.3, -0.25) is 4.79 Å². The Labute approximate surface area is 143 Å². The first kappa shape index (κ1) is 36.5. The van der Waals surface area contributed by atoms with E-state index in [0.717, 1.165) is 12.8 Å². The molecule has 0 fully saturated rings. The largest absolute Gasteiger partial charge is 1.00 e. The quantitative estimate of drug-likeness (QED) is 0.570. The zero-order valence-electron chi connectivity index (χ0n) is 10.3. The van der Waals surface area contributed by atoms with E-state index in [9.17, 15) is 4.79 Å². The average Bonchev–Trinajstić information content (AvgIpc) is 2.15. The summed E-state index contributed by atoms with van der Waals surface area (Å²) in [6, 6.07) is 0.0662. The Balaban J connectivity index is -0.0000000471. The summed E-state index contributed by atoms with van der Waals surface area (Å²) in [5.41, 5.74) is 0. The van der Waals surface area contributed by atoms with Crippen LogP contribution >= 0.6 is 0 Å². The topological polar surface area (TPSA) is 80.3 Å². The van der Waals surface area contributed by atoms with Crippen LogP contribution in [0, 0.1) is 12.8 Å². The van der Waals surface area contributed by atoms with Crippen LogP contribution in [0.15, 0.2) is 0 Å². The van der Waals surface area contributed by atoms with Crippen LogP contribution in [0.25, 0.3) is 0 Å². The van der Waals surface area contributed by atoms with Crippen molar-refractivity contribution in [1.29, 1.82) is 0 Å². The third-order valence-corrected chi connectivity index (χ3v) is 1.90. The minimum absolute atomic E-state index is 0. The van der Waals surface area contributed by atoms with Crippen molar-refractivity contribution in [2.75, 3.05) is 0 Å². The Morgan fingerprint density at radius 1 is 1.11 bits per heavy atom. The minimum atomic E-state index is -3.11. The van der Waals surface area contributed by atoms with Gasteiger partial charge in [-0.1, -0.05) is 55.5 Å². The summed E-state index contributed by atoms with van der Waals surface area (Å²) in [5.74, 6) is 0.236. The van der Waals surface area contributed by atoms with Gasteiger partial charge in [-0.2, -0.15) is 0 Å². The fourth-order valence-electron chi connectivity index (χ4n) is 0.631. The van der Waals surface area contributed by atoms with Crippen LogP contribution in [0.5, 0.6) is 0 Å². The van der Waals surface area contributed by atoms with Crippen molar-refractivity contribution < 1.29 is 47.0 Å². The van der Waals surface area contributed by atoms with E-state index in [2.05, 4.69) is 12.2 Å². The van der Waals surface area contributed by atoms with E-state index >= 15 is 0 Å². The predicted molar refractivity (Wildman–Crippen MR) is 76.9 cm³/mol. The Hall–Kier alpha value is 0.0900. The Morgan fingerprint density at radius 3 is 1.63 bits per heavy atom. The van der Waals surface area contributed by atoms with Crippen LogP contribution in [0.4, 0.5) is 0 Å². The van der Waals surface area contributed by atoms with E-state index in [1.54, 1.807) is 0 Å². The van der Waals surface area contributed by atoms with Crippen LogP contribution in [-0.4, -0.2) is 24.6 Å². The number of carbonyl (C=O) groups excluding carboxylic acids is 1. The van der Waals surface area contributed by atoms with Gasteiger partial charge in [0.15, 0.2) is 0 Å². The molecule has 0 heterocycles. The van der Waals surface area contributed by atoms with E-state index in [1.807, 2.05) is 20.8 Å². The minimum Gasteiger partial charge on any atom is -0.383 e. The van der Waals surface area contributed by atoms with Gasteiger partial charge in [-0.15, -0.1) is 12.6 Å². The Bertz CT molecular complexity index is 272. The number of rotatable bonds is 4. The predicted octanol–water partition coefficient (Wildman–Crippen LogP) is -0.330. The molecule has 7 heteroatoms. The molecule has 114 valence electrons. The maximum atomic E-state index is 11.2. The van der Waals surface area contributed by atoms with Gasteiger partial charge in [0.1, 0.15) is 0 Å². The van der Waals surface area contributed by atoms with Gasteiger partial charge in [0.2, 0.25) is 5.91 Å².